The van der Waals surface area contributed by atoms with Crippen LogP contribution < -0.4 is 5.32 Å². The topological polar surface area (TPSA) is 174 Å². The van der Waals surface area contributed by atoms with Gasteiger partial charge in [-0.2, -0.15) is 0 Å². The molecule has 12 heteroatoms. The minimum atomic E-state index is -0.386. The fourth-order valence-corrected chi connectivity index (χ4v) is 2.22. The minimum absolute atomic E-state index is 0.0751. The molecule has 0 aliphatic carbocycles. The van der Waals surface area contributed by atoms with Gasteiger partial charge in [0.25, 0.3) is 5.89 Å². The average molecular weight is 349 g/mol. The lowest BCUT2D eigenvalue weighted by molar-refractivity contribution is 0.568. The van der Waals surface area contributed by atoms with Gasteiger partial charge in [0.05, 0.1) is 18.2 Å². The number of aromatic nitrogens is 4. The summed E-state index contributed by atoms with van der Waals surface area (Å²) < 4.78 is 5.20. The second-order valence-electron chi connectivity index (χ2n) is 4.89. The molecule has 1 atom stereocenters. The molecule has 2 heterocycles. The van der Waals surface area contributed by atoms with E-state index in [2.05, 4.69) is 45.5 Å². The van der Waals surface area contributed by atoms with Gasteiger partial charge in [0.2, 0.25) is 12.3 Å². The number of nitrogens with one attached hydrogen (secondary N) is 1. The van der Waals surface area contributed by atoms with E-state index in [-0.39, 0.29) is 24.4 Å². The van der Waals surface area contributed by atoms with Crippen LogP contribution in [0.2, 0.25) is 0 Å². The van der Waals surface area contributed by atoms with Crippen LogP contribution in [-0.2, 0) is 0 Å². The monoisotopic (exact) mass is 349 g/mol. The van der Waals surface area contributed by atoms with Crippen molar-refractivity contribution in [3.63, 3.8) is 0 Å². The highest BCUT2D eigenvalue weighted by Crippen LogP contribution is 2.29. The van der Waals surface area contributed by atoms with Crippen LogP contribution >= 0.6 is 0 Å². The number of rotatable bonds is 7. The molecule has 0 bridgehead atoms. The first-order chi connectivity index (χ1) is 12.8. The van der Waals surface area contributed by atoms with E-state index >= 15 is 0 Å². The predicted molar refractivity (Wildman–Crippen MR) is 90.9 cm³/mol. The van der Waals surface area contributed by atoms with Gasteiger partial charge in [0.15, 0.2) is 0 Å². The highest BCUT2D eigenvalue weighted by Gasteiger charge is 2.18. The van der Waals surface area contributed by atoms with Crippen molar-refractivity contribution in [2.24, 2.45) is 10.2 Å². The Balaban J connectivity index is 2.03. The first-order valence-electron chi connectivity index (χ1n) is 7.33. The van der Waals surface area contributed by atoms with Gasteiger partial charge in [-0.05, 0) is 21.7 Å². The molecule has 0 aliphatic rings. The molecule has 26 heavy (non-hydrogen) atoms. The van der Waals surface area contributed by atoms with Crippen LogP contribution in [0.1, 0.15) is 11.6 Å². The molecule has 1 aromatic carbocycles. The van der Waals surface area contributed by atoms with Crippen LogP contribution in [0, 0.1) is 0 Å². The number of nitrogens with zero attached hydrogens (tertiary/aromatic N) is 10. The Bertz CT molecular complexity index is 960. The normalized spacial score (nSPS) is 11.1. The largest absolute Gasteiger partial charge is 0.423 e. The Morgan fingerprint density at radius 2 is 2.04 bits per heavy atom. The van der Waals surface area contributed by atoms with Crippen molar-refractivity contribution in [3.05, 3.63) is 69.4 Å². The molecule has 3 aromatic rings. The molecule has 0 unspecified atom stereocenters. The van der Waals surface area contributed by atoms with Crippen LogP contribution in [0.5, 0.6) is 0 Å². The van der Waals surface area contributed by atoms with E-state index in [1.165, 1.54) is 12.6 Å². The van der Waals surface area contributed by atoms with E-state index in [1.807, 2.05) is 30.3 Å². The standard InChI is InChI=1S/C14H11N11O/c15-24-18-7-11(9-4-2-1-3-5-9)20-12-10(13-22-19-8-26-13)6-17-14(21-12)23-25-16/h1-6,8,11H,7H2,(H,17,20,21)/t11-/m1/s1. The summed E-state index contributed by atoms with van der Waals surface area (Å²) in [4.78, 5) is 13.6. The van der Waals surface area contributed by atoms with E-state index in [1.54, 1.807) is 0 Å². The average Bonchev–Trinajstić information content (AvgIpc) is 3.21. The number of anilines is 1. The van der Waals surface area contributed by atoms with Crippen LogP contribution in [-0.4, -0.2) is 26.7 Å². The summed E-state index contributed by atoms with van der Waals surface area (Å²) in [6.07, 6.45) is 2.58. The van der Waals surface area contributed by atoms with Gasteiger partial charge in [-0.25, -0.2) is 9.97 Å². The van der Waals surface area contributed by atoms with Gasteiger partial charge in [0.1, 0.15) is 5.82 Å². The summed E-state index contributed by atoms with van der Waals surface area (Å²) >= 11 is 0. The summed E-state index contributed by atoms with van der Waals surface area (Å²) in [7, 11) is 0. The van der Waals surface area contributed by atoms with Crippen LogP contribution in [0.4, 0.5) is 11.8 Å². The fourth-order valence-electron chi connectivity index (χ4n) is 2.22. The van der Waals surface area contributed by atoms with Crippen molar-refractivity contribution in [2.45, 2.75) is 6.04 Å². The zero-order chi connectivity index (χ0) is 18.2. The Hall–Kier alpha value is -4.14. The van der Waals surface area contributed by atoms with Crippen molar-refractivity contribution in [3.8, 4) is 11.5 Å². The van der Waals surface area contributed by atoms with Crippen molar-refractivity contribution in [1.82, 2.24) is 20.2 Å². The summed E-state index contributed by atoms with van der Waals surface area (Å²) in [5.41, 5.74) is 18.6. The molecule has 3 rings (SSSR count). The predicted octanol–water partition coefficient (Wildman–Crippen LogP) is 3.93. The second-order valence-corrected chi connectivity index (χ2v) is 4.89. The zero-order valence-corrected chi connectivity index (χ0v) is 13.2. The molecule has 1 N–H and O–H groups in total. The van der Waals surface area contributed by atoms with Gasteiger partial charge < -0.3 is 9.73 Å². The van der Waals surface area contributed by atoms with Crippen molar-refractivity contribution in [1.29, 1.82) is 0 Å². The highest BCUT2D eigenvalue weighted by atomic mass is 16.4. The summed E-state index contributed by atoms with van der Waals surface area (Å²) in [5, 5.41) is 17.7. The first-order valence-corrected chi connectivity index (χ1v) is 7.33. The Morgan fingerprint density at radius 3 is 2.73 bits per heavy atom. The molecule has 0 fully saturated rings. The summed E-state index contributed by atoms with van der Waals surface area (Å²) in [5.74, 6) is 0.415. The third-order valence-corrected chi connectivity index (χ3v) is 3.34. The molecule has 0 radical (unpaired) electrons. The Labute approximate surface area is 146 Å². The SMILES string of the molecule is [N-]=[N+]=NC[C@@H](Nc1nc(N=[N+]=[N-])ncc1-c1nnco1)c1ccccc1. The maximum absolute atomic E-state index is 8.66. The number of azide groups is 2. The van der Waals surface area contributed by atoms with E-state index < -0.39 is 0 Å². The summed E-state index contributed by atoms with van der Waals surface area (Å²) in [6.45, 7) is 0.130. The van der Waals surface area contributed by atoms with E-state index in [0.29, 0.717) is 11.4 Å². The number of hydrogen-bond acceptors (Lipinski definition) is 8. The third kappa shape index (κ3) is 3.85. The Kier molecular flexibility index (Phi) is 5.21. The minimum Gasteiger partial charge on any atom is -0.423 e. The second kappa shape index (κ2) is 8.11. The molecule has 0 amide bonds. The first kappa shape index (κ1) is 16.7. The highest BCUT2D eigenvalue weighted by molar-refractivity contribution is 5.69. The zero-order valence-electron chi connectivity index (χ0n) is 13.2. The lowest BCUT2D eigenvalue weighted by Crippen LogP contribution is -2.15. The molecule has 0 aliphatic heterocycles. The summed E-state index contributed by atoms with van der Waals surface area (Å²) in [6, 6.07) is 8.98. The lowest BCUT2D eigenvalue weighted by atomic mass is 10.1. The molecular weight excluding hydrogens is 338 g/mol. The van der Waals surface area contributed by atoms with Gasteiger partial charge in [0, 0.05) is 16.0 Å². The molecule has 2 aromatic heterocycles. The molecule has 12 nitrogen and oxygen atoms in total. The molecule has 128 valence electrons. The van der Waals surface area contributed by atoms with Gasteiger partial charge >= 0.3 is 0 Å². The maximum atomic E-state index is 8.66. The smallest absolute Gasteiger partial charge is 0.252 e. The van der Waals surface area contributed by atoms with Gasteiger partial charge in [-0.15, -0.1) is 10.2 Å². The van der Waals surface area contributed by atoms with Crippen LogP contribution in [0.25, 0.3) is 32.3 Å². The van der Waals surface area contributed by atoms with Crippen LogP contribution in [0.15, 0.2) is 57.6 Å². The van der Waals surface area contributed by atoms with Crippen molar-refractivity contribution >= 4 is 11.8 Å². The third-order valence-electron chi connectivity index (χ3n) is 3.34. The van der Waals surface area contributed by atoms with Gasteiger partial charge in [-0.3, -0.25) is 0 Å². The lowest BCUT2D eigenvalue weighted by Gasteiger charge is -2.19. The maximum Gasteiger partial charge on any atom is 0.252 e. The van der Waals surface area contributed by atoms with Crippen molar-refractivity contribution in [2.75, 3.05) is 11.9 Å². The molecule has 0 saturated carbocycles. The number of benzene rings is 1. The molecule has 0 spiro atoms. The van der Waals surface area contributed by atoms with E-state index in [9.17, 15) is 0 Å². The fraction of sp³-hybridized carbons (Fsp3) is 0.143. The molecular formula is C14H11N11O. The van der Waals surface area contributed by atoms with Crippen molar-refractivity contribution < 1.29 is 4.42 Å². The molecule has 0 saturated heterocycles. The van der Waals surface area contributed by atoms with E-state index in [4.69, 9.17) is 15.5 Å². The van der Waals surface area contributed by atoms with E-state index in [0.717, 1.165) is 5.56 Å². The number of hydrogen-bond donors (Lipinski definition) is 1. The van der Waals surface area contributed by atoms with Crippen LogP contribution in [0.3, 0.4) is 0 Å². The quantitative estimate of drug-likeness (QED) is 0.384. The van der Waals surface area contributed by atoms with Gasteiger partial charge in [-0.1, -0.05) is 35.4 Å². The Morgan fingerprint density at radius 1 is 1.19 bits per heavy atom.